The molecule has 1 aromatic rings. The van der Waals surface area contributed by atoms with Crippen LogP contribution in [0, 0.1) is 0 Å². The second kappa shape index (κ2) is 19.7. The Balaban J connectivity index is 0.000000221. The summed E-state index contributed by atoms with van der Waals surface area (Å²) in [7, 11) is 6.58. The molecule has 16 nitrogen and oxygen atoms in total. The summed E-state index contributed by atoms with van der Waals surface area (Å²) in [6.45, 7) is 24.7. The number of carbonyl (C=O) groups excluding carboxylic acids is 2. The Kier molecular flexibility index (Phi) is 15.8. The maximum absolute atomic E-state index is 12.7. The van der Waals surface area contributed by atoms with Crippen LogP contribution in [0.2, 0.25) is 0 Å². The molecule has 0 aliphatic carbocycles. The van der Waals surface area contributed by atoms with Gasteiger partial charge in [0.05, 0.1) is 12.2 Å². The first kappa shape index (κ1) is 52.2. The summed E-state index contributed by atoms with van der Waals surface area (Å²) < 4.78 is 61.6. The van der Waals surface area contributed by atoms with Gasteiger partial charge in [-0.15, -0.1) is 0 Å². The first-order valence-electron chi connectivity index (χ1n) is 22.3. The minimum Gasteiger partial charge on any atom is -0.443 e. The molecule has 0 radical (unpaired) electrons. The van der Waals surface area contributed by atoms with Crippen molar-refractivity contribution in [2.24, 2.45) is 9.98 Å². The lowest BCUT2D eigenvalue weighted by Gasteiger charge is -2.56. The lowest BCUT2D eigenvalue weighted by Crippen LogP contribution is -2.70. The minimum absolute atomic E-state index is 0.129. The maximum Gasteiger partial charge on any atom is 0.416 e. The molecule has 0 N–H and O–H groups in total. The third-order valence-corrected chi connectivity index (χ3v) is 16.0. The normalized spacial score (nSPS) is 35.7. The minimum atomic E-state index is -0.961. The Morgan fingerprint density at radius 3 is 1.49 bits per heavy atom. The molecule has 0 bridgehead atoms. The zero-order valence-corrected chi connectivity index (χ0v) is 43.6. The Bertz CT molecular complexity index is 1910. The fourth-order valence-electron chi connectivity index (χ4n) is 8.09. The number of hydrogen-bond acceptors (Lipinski definition) is 17. The summed E-state index contributed by atoms with van der Waals surface area (Å²) in [4.78, 5) is 37.7. The average molecular weight is 969 g/mol. The molecule has 7 rings (SSSR count). The van der Waals surface area contributed by atoms with Gasteiger partial charge in [0.1, 0.15) is 69.8 Å². The zero-order valence-electron chi connectivity index (χ0n) is 41.2. The number of carbonyl (C=O) groups is 2. The van der Waals surface area contributed by atoms with Gasteiger partial charge in [-0.25, -0.2) is 9.59 Å². The van der Waals surface area contributed by atoms with Gasteiger partial charge in [-0.2, -0.15) is 11.8 Å². The number of rotatable bonds is 7. The van der Waals surface area contributed by atoms with E-state index in [-0.39, 0.29) is 59.6 Å². The van der Waals surface area contributed by atoms with Crippen LogP contribution in [0.3, 0.4) is 0 Å². The van der Waals surface area contributed by atoms with Crippen LogP contribution >= 0.6 is 35.3 Å². The Morgan fingerprint density at radius 1 is 0.677 bits per heavy atom. The summed E-state index contributed by atoms with van der Waals surface area (Å²) in [5.41, 5.74) is -1.84. The van der Waals surface area contributed by atoms with Crippen molar-refractivity contribution < 1.29 is 57.0 Å². The van der Waals surface area contributed by atoms with E-state index in [0.29, 0.717) is 10.3 Å². The van der Waals surface area contributed by atoms with E-state index in [1.807, 2.05) is 89.2 Å². The van der Waals surface area contributed by atoms with Crippen LogP contribution in [0.5, 0.6) is 0 Å². The number of benzene rings is 1. The Morgan fingerprint density at radius 2 is 1.09 bits per heavy atom. The van der Waals surface area contributed by atoms with Gasteiger partial charge in [-0.1, -0.05) is 60.8 Å². The van der Waals surface area contributed by atoms with Gasteiger partial charge in [0.15, 0.2) is 21.9 Å². The Hall–Kier alpha value is -2.17. The number of hydrogen-bond donors (Lipinski definition) is 0. The monoisotopic (exact) mass is 968 g/mol. The van der Waals surface area contributed by atoms with Gasteiger partial charge in [-0.05, 0) is 95.1 Å². The van der Waals surface area contributed by atoms with Gasteiger partial charge in [0.25, 0.3) is 0 Å². The van der Waals surface area contributed by atoms with Crippen molar-refractivity contribution in [1.82, 2.24) is 9.80 Å². The molecular weight excluding hydrogens is 897 g/mol. The highest BCUT2D eigenvalue weighted by atomic mass is 32.2. The third-order valence-electron chi connectivity index (χ3n) is 12.4. The fourth-order valence-corrected chi connectivity index (χ4v) is 11.5. The molecule has 1 aromatic carbocycles. The molecule has 12 atom stereocenters. The number of methoxy groups -OCH3 is 2. The summed E-state index contributed by atoms with van der Waals surface area (Å²) in [6.07, 6.45) is -1.79. The van der Waals surface area contributed by atoms with E-state index < -0.39 is 46.2 Å². The van der Waals surface area contributed by atoms with Crippen molar-refractivity contribution in [2.75, 3.05) is 34.1 Å². The van der Waals surface area contributed by atoms with Crippen molar-refractivity contribution >= 4 is 57.8 Å². The Labute approximate surface area is 398 Å². The van der Waals surface area contributed by atoms with Crippen LogP contribution in [0.1, 0.15) is 102 Å². The summed E-state index contributed by atoms with van der Waals surface area (Å²) >= 11 is 4.64. The number of ether oxygens (including phenoxy) is 10. The molecule has 0 saturated carbocycles. The maximum atomic E-state index is 12.7. The van der Waals surface area contributed by atoms with E-state index in [2.05, 4.69) is 31.2 Å². The van der Waals surface area contributed by atoms with Crippen molar-refractivity contribution in [3.63, 3.8) is 0 Å². The van der Waals surface area contributed by atoms with E-state index in [4.69, 9.17) is 57.4 Å². The second-order valence-electron chi connectivity index (χ2n) is 20.3. The molecule has 6 aliphatic rings. The second-order valence-corrected chi connectivity index (χ2v) is 23.4. The lowest BCUT2D eigenvalue weighted by atomic mass is 9.89. The number of fused-ring (bicyclic) bond motifs is 6. The van der Waals surface area contributed by atoms with Crippen LogP contribution in [0.25, 0.3) is 0 Å². The molecular formula is C46H72N4O12S3. The van der Waals surface area contributed by atoms with E-state index in [1.165, 1.54) is 38.9 Å². The standard InChI is InChI=1S/C26H38N2O6S2.C20H34N2O6S/c1-24(2,3)34-23(29)28(7)22-27-18-20-19(32-25(4,5)26(6,30-8)33-20)17(31-21(18)36-22)15-35-14-16-12-10-9-11-13-16;1-10-11-13-14(27-20(7,24-9)19(5,6)26-13)12-15(25-11)29-16(21-12)22(8)17(23)28-18(2,3)4/h9-13,17-21H,14-15H2,1-8H3;11-15H,10H2,1-9H3/t17-,18-,19-,20-,21-,26+;11-,12-,13-,14-,15-,20+/m11/s1. The number of aliphatic imine (C=N–C) groups is 2. The molecule has 0 spiro atoms. The van der Waals surface area contributed by atoms with Crippen molar-refractivity contribution in [2.45, 2.75) is 196 Å². The number of nitrogens with zero attached hydrogens (tertiary/aromatic N) is 4. The quantitative estimate of drug-likeness (QED) is 0.257. The molecule has 6 aliphatic heterocycles. The van der Waals surface area contributed by atoms with E-state index >= 15 is 0 Å². The van der Waals surface area contributed by atoms with Gasteiger partial charge >= 0.3 is 12.2 Å². The largest absolute Gasteiger partial charge is 0.443 e. The van der Waals surface area contributed by atoms with Gasteiger partial charge < -0.3 is 47.4 Å². The fraction of sp³-hybridized carbons (Fsp3) is 0.783. The molecule has 0 aromatic heterocycles. The number of amidine groups is 2. The molecule has 366 valence electrons. The van der Waals surface area contributed by atoms with Crippen LogP contribution in [0.4, 0.5) is 9.59 Å². The summed E-state index contributed by atoms with van der Waals surface area (Å²) in [6, 6.07) is 9.72. The molecule has 4 saturated heterocycles. The van der Waals surface area contributed by atoms with Crippen LogP contribution < -0.4 is 0 Å². The topological polar surface area (TPSA) is 158 Å². The molecule has 2 amide bonds. The SMILES string of the molecule is CC[C@H]1O[C@@H]2SC(N(C)C(=O)OC(C)(C)C)=N[C@@H]2[C@H]2O[C@](C)(OC)C(C)(C)O[C@@H]21.CO[C@@]1(C)O[C@@H]2[C@H]3N=C(N(C)C(=O)OC(C)(C)C)S[C@H]3O[C@H](CSCc3ccccc3)[C@H]2OC1(C)C. The highest BCUT2D eigenvalue weighted by Gasteiger charge is 2.63. The lowest BCUT2D eigenvalue weighted by molar-refractivity contribution is -0.403. The van der Waals surface area contributed by atoms with E-state index in [1.54, 1.807) is 40.1 Å². The van der Waals surface area contributed by atoms with Crippen molar-refractivity contribution in [3.8, 4) is 0 Å². The molecule has 19 heteroatoms. The first-order chi connectivity index (χ1) is 30.1. The van der Waals surface area contributed by atoms with Gasteiger partial charge in [0, 0.05) is 39.8 Å². The van der Waals surface area contributed by atoms with Crippen LogP contribution in [0.15, 0.2) is 40.3 Å². The van der Waals surface area contributed by atoms with Gasteiger partial charge in [0.2, 0.25) is 0 Å². The predicted octanol–water partition coefficient (Wildman–Crippen LogP) is 8.29. The van der Waals surface area contributed by atoms with Gasteiger partial charge in [-0.3, -0.25) is 19.8 Å². The van der Waals surface area contributed by atoms with Crippen molar-refractivity contribution in [3.05, 3.63) is 35.9 Å². The molecule has 6 heterocycles. The number of thioether (sulfide) groups is 3. The summed E-state index contributed by atoms with van der Waals surface area (Å²) in [5.74, 6) is -0.269. The average Bonchev–Trinajstić information content (AvgIpc) is 3.85. The first-order valence-corrected chi connectivity index (χ1v) is 25.2. The van der Waals surface area contributed by atoms with Crippen molar-refractivity contribution in [1.29, 1.82) is 0 Å². The summed E-state index contributed by atoms with van der Waals surface area (Å²) in [5, 5.41) is 1.10. The molecule has 0 unspecified atom stereocenters. The smallest absolute Gasteiger partial charge is 0.416 e. The zero-order chi connectivity index (χ0) is 48.1. The molecule has 65 heavy (non-hydrogen) atoms. The number of amides is 2. The third kappa shape index (κ3) is 11.3. The van der Waals surface area contributed by atoms with Crippen LogP contribution in [-0.4, -0.2) is 160 Å². The van der Waals surface area contributed by atoms with Crippen LogP contribution in [-0.2, 0) is 53.1 Å². The van der Waals surface area contributed by atoms with E-state index in [9.17, 15) is 9.59 Å². The molecule has 4 fully saturated rings. The highest BCUT2D eigenvalue weighted by Crippen LogP contribution is 2.50. The highest BCUT2D eigenvalue weighted by molar-refractivity contribution is 8.14. The van der Waals surface area contributed by atoms with E-state index in [0.717, 1.165) is 17.9 Å². The predicted molar refractivity (Wildman–Crippen MR) is 254 cm³/mol.